The van der Waals surface area contributed by atoms with Crippen LogP contribution in [0.25, 0.3) is 24.3 Å². The lowest BCUT2D eigenvalue weighted by atomic mass is 10.1. The quantitative estimate of drug-likeness (QED) is 0.104. The zero-order chi connectivity index (χ0) is 25.8. The molecule has 0 fully saturated rings. The van der Waals surface area contributed by atoms with Crippen LogP contribution in [0.4, 0.5) is 4.39 Å². The molecule has 0 unspecified atom stereocenters. The van der Waals surface area contributed by atoms with E-state index in [0.29, 0.717) is 17.1 Å². The molecule has 0 atom stereocenters. The number of carbonyl (C=O) groups excluding carboxylic acids is 2. The number of hydrogen-bond donors (Lipinski definition) is 0. The Labute approximate surface area is 209 Å². The Morgan fingerprint density at radius 3 is 1.86 bits per heavy atom. The molecule has 0 N–H and O–H groups in total. The average molecular weight is 485 g/mol. The van der Waals surface area contributed by atoms with E-state index < -0.39 is 11.9 Å². The topological polar surface area (TPSA) is 61.8 Å². The molecule has 5 nitrogen and oxygen atoms in total. The van der Waals surface area contributed by atoms with Gasteiger partial charge >= 0.3 is 11.9 Å². The fraction of sp³-hybridized carbons (Fsp3) is 0.0667. The number of carbonyl (C=O) groups is 2. The van der Waals surface area contributed by atoms with Gasteiger partial charge in [0.15, 0.2) is 0 Å². The lowest BCUT2D eigenvalue weighted by Crippen LogP contribution is -2.10. The van der Waals surface area contributed by atoms with Crippen LogP contribution >= 0.6 is 0 Å². The second-order valence-corrected chi connectivity index (χ2v) is 7.43. The van der Waals surface area contributed by atoms with Gasteiger partial charge in [-0.2, -0.15) is 0 Å². The Morgan fingerprint density at radius 2 is 1.25 bits per heavy atom. The summed E-state index contributed by atoms with van der Waals surface area (Å²) in [7, 11) is 0. The van der Waals surface area contributed by atoms with Gasteiger partial charge in [0.2, 0.25) is 0 Å². The van der Waals surface area contributed by atoms with Crippen molar-refractivity contribution in [1.82, 2.24) is 0 Å². The molecule has 182 valence electrons. The van der Waals surface area contributed by atoms with Crippen molar-refractivity contribution < 1.29 is 28.2 Å². The first-order valence-electron chi connectivity index (χ1n) is 11.1. The standard InChI is InChI=1S/C30H25FO5/c1-3-29(32)35-20-19-34-26-15-9-22(10-16-26)5-6-24-8-14-25(28(31)21-24)13-7-23-11-17-27(18-12-23)36-30(33)4-2/h3-18,21H,1-2,19-20H2. The van der Waals surface area contributed by atoms with Crippen LogP contribution in [0.5, 0.6) is 11.5 Å². The fourth-order valence-electron chi connectivity index (χ4n) is 3.00. The number of benzene rings is 3. The number of ether oxygens (including phenoxy) is 3. The smallest absolute Gasteiger partial charge is 0.335 e. The van der Waals surface area contributed by atoms with E-state index in [1.54, 1.807) is 54.6 Å². The van der Waals surface area contributed by atoms with Crippen molar-refractivity contribution in [3.63, 3.8) is 0 Å². The highest BCUT2D eigenvalue weighted by Crippen LogP contribution is 2.19. The normalized spacial score (nSPS) is 10.8. The monoisotopic (exact) mass is 484 g/mol. The van der Waals surface area contributed by atoms with Crippen LogP contribution in [0.15, 0.2) is 92.0 Å². The molecule has 0 saturated heterocycles. The Morgan fingerprint density at radius 1 is 0.694 bits per heavy atom. The van der Waals surface area contributed by atoms with E-state index in [-0.39, 0.29) is 19.0 Å². The van der Waals surface area contributed by atoms with Crippen molar-refractivity contribution in [2.45, 2.75) is 0 Å². The summed E-state index contributed by atoms with van der Waals surface area (Å²) >= 11 is 0. The molecule has 0 aliphatic carbocycles. The molecule has 0 aliphatic rings. The molecule has 0 radical (unpaired) electrons. The molecule has 3 rings (SSSR count). The molecule has 0 aliphatic heterocycles. The van der Waals surface area contributed by atoms with E-state index in [1.165, 1.54) is 6.07 Å². The average Bonchev–Trinajstić information content (AvgIpc) is 2.90. The van der Waals surface area contributed by atoms with Crippen molar-refractivity contribution in [3.8, 4) is 11.5 Å². The van der Waals surface area contributed by atoms with Gasteiger partial charge in [-0.3, -0.25) is 0 Å². The molecular formula is C30H25FO5. The molecule has 0 aromatic heterocycles. The summed E-state index contributed by atoms with van der Waals surface area (Å²) in [4.78, 5) is 22.2. The van der Waals surface area contributed by atoms with Gasteiger partial charge < -0.3 is 14.2 Å². The lowest BCUT2D eigenvalue weighted by Gasteiger charge is -2.06. The van der Waals surface area contributed by atoms with E-state index >= 15 is 0 Å². The molecule has 3 aromatic carbocycles. The van der Waals surface area contributed by atoms with Crippen LogP contribution in [0.3, 0.4) is 0 Å². The second kappa shape index (κ2) is 13.2. The first kappa shape index (κ1) is 25.9. The summed E-state index contributed by atoms with van der Waals surface area (Å²) < 4.78 is 30.0. The maximum absolute atomic E-state index is 14.6. The number of halogens is 1. The summed E-state index contributed by atoms with van der Waals surface area (Å²) in [5.74, 6) is -0.295. The predicted molar refractivity (Wildman–Crippen MR) is 140 cm³/mol. The van der Waals surface area contributed by atoms with Crippen molar-refractivity contribution >= 4 is 36.2 Å². The lowest BCUT2D eigenvalue weighted by molar-refractivity contribution is -0.138. The summed E-state index contributed by atoms with van der Waals surface area (Å²) in [6, 6.07) is 19.2. The highest BCUT2D eigenvalue weighted by Gasteiger charge is 2.02. The van der Waals surface area contributed by atoms with Gasteiger partial charge in [0.1, 0.15) is 30.5 Å². The first-order chi connectivity index (χ1) is 17.5. The Hall–Kier alpha value is -4.71. The minimum atomic E-state index is -0.527. The summed E-state index contributed by atoms with van der Waals surface area (Å²) in [6.45, 7) is 7.07. The van der Waals surface area contributed by atoms with Crippen LogP contribution in [0.2, 0.25) is 0 Å². The zero-order valence-electron chi connectivity index (χ0n) is 19.6. The number of esters is 2. The van der Waals surface area contributed by atoms with Crippen molar-refractivity contribution in [3.05, 3.63) is 120 Å². The van der Waals surface area contributed by atoms with Crippen LogP contribution in [-0.2, 0) is 14.3 Å². The molecule has 0 heterocycles. The molecule has 0 spiro atoms. The van der Waals surface area contributed by atoms with Gasteiger partial charge in [0.25, 0.3) is 0 Å². The first-order valence-corrected chi connectivity index (χ1v) is 11.1. The van der Waals surface area contributed by atoms with Gasteiger partial charge in [-0.25, -0.2) is 14.0 Å². The molecule has 36 heavy (non-hydrogen) atoms. The van der Waals surface area contributed by atoms with Crippen molar-refractivity contribution in [2.24, 2.45) is 0 Å². The molecule has 0 bridgehead atoms. The predicted octanol–water partition coefficient (Wildman–Crippen LogP) is 6.37. The van der Waals surface area contributed by atoms with Gasteiger partial charge in [-0.15, -0.1) is 0 Å². The number of hydrogen-bond acceptors (Lipinski definition) is 5. The SMILES string of the molecule is C=CC(=O)OCCOc1ccc(C=Cc2ccc(C=Cc3ccc(OC(=O)C=C)cc3)c(F)c2)cc1. The van der Waals surface area contributed by atoms with Crippen LogP contribution in [0, 0.1) is 5.82 Å². The maximum atomic E-state index is 14.6. The number of rotatable bonds is 11. The molecule has 6 heteroatoms. The highest BCUT2D eigenvalue weighted by atomic mass is 19.1. The van der Waals surface area contributed by atoms with Crippen LogP contribution in [-0.4, -0.2) is 25.2 Å². The van der Waals surface area contributed by atoms with E-state index in [9.17, 15) is 14.0 Å². The van der Waals surface area contributed by atoms with Crippen molar-refractivity contribution in [1.29, 1.82) is 0 Å². The van der Waals surface area contributed by atoms with Gasteiger partial charge in [0.05, 0.1) is 0 Å². The molecule has 0 amide bonds. The zero-order valence-corrected chi connectivity index (χ0v) is 19.6. The van der Waals surface area contributed by atoms with E-state index in [2.05, 4.69) is 13.2 Å². The fourth-order valence-corrected chi connectivity index (χ4v) is 3.00. The van der Waals surface area contributed by atoms with Crippen LogP contribution < -0.4 is 9.47 Å². The third-order valence-electron chi connectivity index (χ3n) is 4.86. The third kappa shape index (κ3) is 8.25. The minimum Gasteiger partial charge on any atom is -0.490 e. The minimum absolute atomic E-state index is 0.142. The van der Waals surface area contributed by atoms with E-state index in [4.69, 9.17) is 14.2 Å². The highest BCUT2D eigenvalue weighted by molar-refractivity contribution is 5.83. The maximum Gasteiger partial charge on any atom is 0.335 e. The second-order valence-electron chi connectivity index (χ2n) is 7.43. The third-order valence-corrected chi connectivity index (χ3v) is 4.86. The van der Waals surface area contributed by atoms with Gasteiger partial charge in [-0.1, -0.05) is 73.9 Å². The molecular weight excluding hydrogens is 459 g/mol. The summed E-state index contributed by atoms with van der Waals surface area (Å²) in [5, 5.41) is 0. The molecule has 0 saturated carbocycles. The van der Waals surface area contributed by atoms with E-state index in [1.807, 2.05) is 30.4 Å². The summed E-state index contributed by atoms with van der Waals surface area (Å²) in [5.41, 5.74) is 2.94. The van der Waals surface area contributed by atoms with E-state index in [0.717, 1.165) is 28.8 Å². The summed E-state index contributed by atoms with van der Waals surface area (Å²) in [6.07, 6.45) is 9.36. The van der Waals surface area contributed by atoms with Gasteiger partial charge in [0, 0.05) is 17.7 Å². The Balaban J connectivity index is 1.54. The largest absolute Gasteiger partial charge is 0.490 e. The molecule has 3 aromatic rings. The van der Waals surface area contributed by atoms with Crippen LogP contribution in [0.1, 0.15) is 22.3 Å². The Kier molecular flexibility index (Phi) is 9.53. The Bertz CT molecular complexity index is 1270. The van der Waals surface area contributed by atoms with Gasteiger partial charge in [-0.05, 0) is 47.0 Å². The van der Waals surface area contributed by atoms with Crippen molar-refractivity contribution in [2.75, 3.05) is 13.2 Å².